The number of carboxylic acid groups (broad SMARTS) is 1. The Labute approximate surface area is 121 Å². The summed E-state index contributed by atoms with van der Waals surface area (Å²) in [4.78, 5) is 18.2. The van der Waals surface area contributed by atoms with Gasteiger partial charge in [0.25, 0.3) is 10.0 Å². The van der Waals surface area contributed by atoms with Crippen LogP contribution >= 0.6 is 0 Å². The van der Waals surface area contributed by atoms with Gasteiger partial charge < -0.3 is 9.67 Å². The van der Waals surface area contributed by atoms with Crippen LogP contribution in [0.25, 0.3) is 0 Å². The number of hydrogen-bond donors (Lipinski definition) is 2. The first-order valence-corrected chi connectivity index (χ1v) is 7.54. The van der Waals surface area contributed by atoms with Crippen molar-refractivity contribution in [2.75, 3.05) is 0 Å². The van der Waals surface area contributed by atoms with Crippen LogP contribution in [0.15, 0.2) is 42.1 Å². The Bertz CT molecular complexity index is 710. The van der Waals surface area contributed by atoms with Crippen molar-refractivity contribution in [2.24, 2.45) is 0 Å². The van der Waals surface area contributed by atoms with Gasteiger partial charge in [-0.2, -0.15) is 0 Å². The van der Waals surface area contributed by atoms with Crippen LogP contribution in [0, 0.1) is 0 Å². The molecule has 0 aliphatic rings. The van der Waals surface area contributed by atoms with Crippen LogP contribution in [-0.4, -0.2) is 40.1 Å². The molecule has 8 nitrogen and oxygen atoms in total. The number of aromatic nitrogens is 3. The van der Waals surface area contributed by atoms with Gasteiger partial charge >= 0.3 is 5.97 Å². The molecule has 0 spiro atoms. The molecule has 0 aliphatic heterocycles. The molecule has 0 aromatic carbocycles. The first-order valence-electron chi connectivity index (χ1n) is 6.06. The maximum absolute atomic E-state index is 12.1. The number of imidazole rings is 1. The van der Waals surface area contributed by atoms with Crippen molar-refractivity contribution in [1.29, 1.82) is 0 Å². The number of hydrogen-bond acceptors (Lipinski definition) is 5. The molecule has 1 atom stereocenters. The van der Waals surface area contributed by atoms with Gasteiger partial charge in [0, 0.05) is 31.2 Å². The maximum Gasteiger partial charge on any atom is 0.337 e. The molecule has 2 heterocycles. The van der Waals surface area contributed by atoms with E-state index in [9.17, 15) is 13.2 Å². The fourth-order valence-corrected chi connectivity index (χ4v) is 2.90. The summed E-state index contributed by atoms with van der Waals surface area (Å²) in [5.74, 6) is -1.16. The highest BCUT2D eigenvalue weighted by atomic mass is 32.2. The lowest BCUT2D eigenvalue weighted by Crippen LogP contribution is -2.35. The van der Waals surface area contributed by atoms with Crippen LogP contribution in [0.4, 0.5) is 0 Å². The normalized spacial score (nSPS) is 13.0. The standard InChI is InChI=1S/C12H14N4O4S/c1-9(7-16-5-4-13-8-16)15-21(19,20)11-3-2-10(6-14-11)12(17)18/h2-6,8-9,15H,7H2,1H3,(H,17,18). The highest BCUT2D eigenvalue weighted by molar-refractivity contribution is 7.89. The largest absolute Gasteiger partial charge is 0.478 e. The molecule has 0 saturated heterocycles. The average molecular weight is 310 g/mol. The Morgan fingerprint density at radius 3 is 2.76 bits per heavy atom. The molecule has 0 fully saturated rings. The zero-order chi connectivity index (χ0) is 15.5. The zero-order valence-electron chi connectivity index (χ0n) is 11.2. The lowest BCUT2D eigenvalue weighted by atomic mass is 10.3. The summed E-state index contributed by atoms with van der Waals surface area (Å²) in [6.45, 7) is 2.13. The van der Waals surface area contributed by atoms with Crippen molar-refractivity contribution >= 4 is 16.0 Å². The number of pyridine rings is 1. The van der Waals surface area contributed by atoms with Gasteiger partial charge in [0.2, 0.25) is 0 Å². The van der Waals surface area contributed by atoms with Crippen LogP contribution in [0.1, 0.15) is 17.3 Å². The van der Waals surface area contributed by atoms with E-state index in [1.54, 1.807) is 30.2 Å². The van der Waals surface area contributed by atoms with E-state index in [0.29, 0.717) is 6.54 Å². The van der Waals surface area contributed by atoms with Crippen molar-refractivity contribution in [3.63, 3.8) is 0 Å². The molecule has 0 bridgehead atoms. The van der Waals surface area contributed by atoms with Crippen LogP contribution in [0.3, 0.4) is 0 Å². The Morgan fingerprint density at radius 2 is 2.24 bits per heavy atom. The van der Waals surface area contributed by atoms with Crippen LogP contribution in [0.5, 0.6) is 0 Å². The van der Waals surface area contributed by atoms with E-state index in [2.05, 4.69) is 14.7 Å². The molecule has 0 aliphatic carbocycles. The lowest BCUT2D eigenvalue weighted by molar-refractivity contribution is 0.0696. The number of carboxylic acids is 1. The smallest absolute Gasteiger partial charge is 0.337 e. The fraction of sp³-hybridized carbons (Fsp3) is 0.250. The first-order chi connectivity index (χ1) is 9.88. The van der Waals surface area contributed by atoms with Crippen molar-refractivity contribution in [3.8, 4) is 0 Å². The third-order valence-electron chi connectivity index (χ3n) is 2.66. The van der Waals surface area contributed by atoms with Crippen LogP contribution < -0.4 is 4.72 Å². The van der Waals surface area contributed by atoms with Crippen LogP contribution in [-0.2, 0) is 16.6 Å². The summed E-state index contributed by atoms with van der Waals surface area (Å²) in [7, 11) is -3.79. The molecule has 2 rings (SSSR count). The molecule has 0 radical (unpaired) electrons. The van der Waals surface area contributed by atoms with E-state index >= 15 is 0 Å². The van der Waals surface area contributed by atoms with Crippen LogP contribution in [0.2, 0.25) is 0 Å². The summed E-state index contributed by atoms with van der Waals surface area (Å²) in [6, 6.07) is 1.99. The van der Waals surface area contributed by atoms with Gasteiger partial charge in [-0.25, -0.2) is 27.9 Å². The second-order valence-electron chi connectivity index (χ2n) is 4.47. The Morgan fingerprint density at radius 1 is 1.48 bits per heavy atom. The van der Waals surface area contributed by atoms with Gasteiger partial charge in [0.15, 0.2) is 5.03 Å². The summed E-state index contributed by atoms with van der Waals surface area (Å²) in [5.41, 5.74) is -0.0691. The van der Waals surface area contributed by atoms with Crippen molar-refractivity contribution in [3.05, 3.63) is 42.6 Å². The van der Waals surface area contributed by atoms with Gasteiger partial charge in [-0.1, -0.05) is 0 Å². The van der Waals surface area contributed by atoms with Gasteiger partial charge in [-0.05, 0) is 19.1 Å². The zero-order valence-corrected chi connectivity index (χ0v) is 12.0. The third-order valence-corrected chi connectivity index (χ3v) is 4.16. The molecule has 0 saturated carbocycles. The maximum atomic E-state index is 12.1. The minimum Gasteiger partial charge on any atom is -0.478 e. The van der Waals surface area contributed by atoms with Crippen molar-refractivity contribution in [2.45, 2.75) is 24.5 Å². The Hall–Kier alpha value is -2.26. The number of carbonyl (C=O) groups is 1. The molecule has 1 unspecified atom stereocenters. The minimum absolute atomic E-state index is 0.0691. The lowest BCUT2D eigenvalue weighted by Gasteiger charge is -2.14. The molecule has 2 aromatic heterocycles. The predicted molar refractivity (Wildman–Crippen MR) is 73.2 cm³/mol. The molecular weight excluding hydrogens is 296 g/mol. The molecular formula is C12H14N4O4S. The number of aromatic carboxylic acids is 1. The summed E-state index contributed by atoms with van der Waals surface area (Å²) < 4.78 is 28.4. The van der Waals surface area contributed by atoms with E-state index in [4.69, 9.17) is 5.11 Å². The monoisotopic (exact) mass is 310 g/mol. The summed E-state index contributed by atoms with van der Waals surface area (Å²) >= 11 is 0. The van der Waals surface area contributed by atoms with Gasteiger partial charge in [-0.3, -0.25) is 0 Å². The topological polar surface area (TPSA) is 114 Å². The van der Waals surface area contributed by atoms with E-state index < -0.39 is 16.0 Å². The SMILES string of the molecule is CC(Cn1ccnc1)NS(=O)(=O)c1ccc(C(=O)O)cn1. The van der Waals surface area contributed by atoms with Gasteiger partial charge in [0.1, 0.15) is 0 Å². The van der Waals surface area contributed by atoms with Crippen molar-refractivity contribution in [1.82, 2.24) is 19.3 Å². The molecule has 112 valence electrons. The fourth-order valence-electron chi connectivity index (χ4n) is 1.74. The van der Waals surface area contributed by atoms with Gasteiger partial charge in [-0.15, -0.1) is 0 Å². The van der Waals surface area contributed by atoms with Crippen molar-refractivity contribution < 1.29 is 18.3 Å². The summed E-state index contributed by atoms with van der Waals surface area (Å²) in [5, 5.41) is 8.54. The Kier molecular flexibility index (Phi) is 4.34. The summed E-state index contributed by atoms with van der Waals surface area (Å²) in [6.07, 6.45) is 5.93. The second kappa shape index (κ2) is 6.02. The number of sulfonamides is 1. The van der Waals surface area contributed by atoms with E-state index in [-0.39, 0.29) is 16.6 Å². The average Bonchev–Trinajstić information content (AvgIpc) is 2.90. The predicted octanol–water partition coefficient (Wildman–Crippen LogP) is 0.343. The van der Waals surface area contributed by atoms with Gasteiger partial charge in [0.05, 0.1) is 11.9 Å². The second-order valence-corrected chi connectivity index (χ2v) is 6.13. The molecule has 9 heteroatoms. The molecule has 2 N–H and O–H groups in total. The third kappa shape index (κ3) is 3.86. The highest BCUT2D eigenvalue weighted by Gasteiger charge is 2.19. The number of rotatable bonds is 6. The molecule has 2 aromatic rings. The van der Waals surface area contributed by atoms with E-state index in [1.165, 1.54) is 6.07 Å². The first kappa shape index (κ1) is 15.1. The Balaban J connectivity index is 2.08. The number of nitrogens with zero attached hydrogens (tertiary/aromatic N) is 3. The number of nitrogens with one attached hydrogen (secondary N) is 1. The molecule has 21 heavy (non-hydrogen) atoms. The quantitative estimate of drug-likeness (QED) is 0.795. The van der Waals surface area contributed by atoms with E-state index in [1.807, 2.05) is 0 Å². The highest BCUT2D eigenvalue weighted by Crippen LogP contribution is 2.08. The minimum atomic E-state index is -3.79. The van der Waals surface area contributed by atoms with E-state index in [0.717, 1.165) is 12.3 Å². The molecule has 0 amide bonds.